The molecule has 2 N–H and O–H groups in total. The lowest BCUT2D eigenvalue weighted by Crippen LogP contribution is -2.31. The number of aromatic amines is 2. The first-order valence-electron chi connectivity index (χ1n) is 8.15. The highest BCUT2D eigenvalue weighted by molar-refractivity contribution is 7.89. The first-order chi connectivity index (χ1) is 12.5. The van der Waals surface area contributed by atoms with Gasteiger partial charge in [0.2, 0.25) is 10.0 Å². The molecule has 0 radical (unpaired) electrons. The molecule has 3 heterocycles. The van der Waals surface area contributed by atoms with Crippen LogP contribution in [-0.4, -0.2) is 34.2 Å². The number of nitrogens with zero attached hydrogens (tertiary/aromatic N) is 2. The van der Waals surface area contributed by atoms with Crippen molar-refractivity contribution in [3.8, 4) is 0 Å². The molecule has 9 heteroatoms. The number of H-pyrrole nitrogens is 2. The maximum Gasteiger partial charge on any atom is 0.314 e. The molecule has 1 atom stereocenters. The Hall–Kier alpha value is -2.78. The maximum atomic E-state index is 13.2. The smallest absolute Gasteiger partial charge is 0.314 e. The molecule has 2 aromatic heterocycles. The third-order valence-electron chi connectivity index (χ3n) is 4.59. The molecule has 0 aliphatic carbocycles. The van der Waals surface area contributed by atoms with Gasteiger partial charge in [-0.2, -0.15) is 4.31 Å². The van der Waals surface area contributed by atoms with Gasteiger partial charge in [-0.1, -0.05) is 0 Å². The number of aromatic nitrogens is 3. The van der Waals surface area contributed by atoms with Crippen LogP contribution in [-0.2, 0) is 10.0 Å². The molecule has 3 aromatic rings. The molecule has 0 unspecified atom stereocenters. The van der Waals surface area contributed by atoms with Crippen molar-refractivity contribution in [2.75, 3.05) is 6.54 Å². The Bertz CT molecular complexity index is 1180. The highest BCUT2D eigenvalue weighted by Crippen LogP contribution is 2.36. The Balaban J connectivity index is 1.78. The van der Waals surface area contributed by atoms with Crippen LogP contribution < -0.4 is 11.1 Å². The van der Waals surface area contributed by atoms with Crippen LogP contribution in [0.3, 0.4) is 0 Å². The van der Waals surface area contributed by atoms with Crippen LogP contribution in [0.5, 0.6) is 0 Å². The molecule has 1 aliphatic heterocycles. The van der Waals surface area contributed by atoms with Crippen molar-refractivity contribution in [2.24, 2.45) is 0 Å². The Kier molecular flexibility index (Phi) is 3.97. The summed E-state index contributed by atoms with van der Waals surface area (Å²) in [5.41, 5.74) is -0.0381. The molecule has 1 saturated heterocycles. The van der Waals surface area contributed by atoms with Crippen molar-refractivity contribution in [1.82, 2.24) is 19.3 Å². The fourth-order valence-corrected chi connectivity index (χ4v) is 5.05. The molecule has 134 valence electrons. The predicted octanol–water partition coefficient (Wildman–Crippen LogP) is 1.14. The Labute approximate surface area is 148 Å². The Morgan fingerprint density at radius 3 is 2.42 bits per heavy atom. The topological polar surface area (TPSA) is 116 Å². The van der Waals surface area contributed by atoms with Crippen molar-refractivity contribution in [1.29, 1.82) is 0 Å². The van der Waals surface area contributed by atoms with E-state index >= 15 is 0 Å². The van der Waals surface area contributed by atoms with E-state index in [0.717, 1.165) is 18.4 Å². The third kappa shape index (κ3) is 2.74. The SMILES string of the molecule is O=c1[nH]c2ccc(S(=O)(=O)N3CCC[C@@H]3c3ccncc3)cc2[nH]c1=O. The first kappa shape index (κ1) is 16.7. The number of rotatable bonds is 3. The Morgan fingerprint density at radius 2 is 1.69 bits per heavy atom. The molecule has 8 nitrogen and oxygen atoms in total. The fourth-order valence-electron chi connectivity index (χ4n) is 3.34. The summed E-state index contributed by atoms with van der Waals surface area (Å²) in [5, 5.41) is 0. The second-order valence-electron chi connectivity index (χ2n) is 6.17. The third-order valence-corrected chi connectivity index (χ3v) is 6.50. The lowest BCUT2D eigenvalue weighted by molar-refractivity contribution is 0.396. The van der Waals surface area contributed by atoms with Gasteiger partial charge in [0.1, 0.15) is 0 Å². The number of sulfonamides is 1. The summed E-state index contributed by atoms with van der Waals surface area (Å²) in [7, 11) is -3.75. The number of hydrogen-bond donors (Lipinski definition) is 2. The van der Waals surface area contributed by atoms with Gasteiger partial charge in [-0.15, -0.1) is 0 Å². The highest BCUT2D eigenvalue weighted by Gasteiger charge is 2.36. The minimum Gasteiger partial charge on any atom is -0.316 e. The van der Waals surface area contributed by atoms with Gasteiger partial charge in [-0.25, -0.2) is 8.42 Å². The number of fused-ring (bicyclic) bond motifs is 1. The molecule has 0 bridgehead atoms. The van der Waals surface area contributed by atoms with Crippen molar-refractivity contribution in [3.05, 3.63) is 69.0 Å². The summed E-state index contributed by atoms with van der Waals surface area (Å²) in [6, 6.07) is 7.70. The summed E-state index contributed by atoms with van der Waals surface area (Å²) >= 11 is 0. The molecule has 0 amide bonds. The number of pyridine rings is 1. The van der Waals surface area contributed by atoms with Gasteiger partial charge >= 0.3 is 11.1 Å². The molecule has 4 rings (SSSR count). The zero-order chi connectivity index (χ0) is 18.3. The molecule has 0 saturated carbocycles. The van der Waals surface area contributed by atoms with Gasteiger partial charge in [0.25, 0.3) is 0 Å². The largest absolute Gasteiger partial charge is 0.316 e. The van der Waals surface area contributed by atoms with Crippen LogP contribution in [0.2, 0.25) is 0 Å². The van der Waals surface area contributed by atoms with Crippen LogP contribution >= 0.6 is 0 Å². The standard InChI is InChI=1S/C17H16N4O4S/c22-16-17(23)20-14-10-12(3-4-13(14)19-16)26(24,25)21-9-1-2-15(21)11-5-7-18-8-6-11/h3-8,10,15H,1-2,9H2,(H,19,22)(H,20,23)/t15-/m1/s1. The quantitative estimate of drug-likeness (QED) is 0.669. The minimum absolute atomic E-state index is 0.0775. The second kappa shape index (κ2) is 6.19. The summed E-state index contributed by atoms with van der Waals surface area (Å²) in [6.45, 7) is 0.426. The van der Waals surface area contributed by atoms with E-state index in [0.29, 0.717) is 12.1 Å². The lowest BCUT2D eigenvalue weighted by atomic mass is 10.1. The van der Waals surface area contributed by atoms with Crippen LogP contribution in [0.4, 0.5) is 0 Å². The van der Waals surface area contributed by atoms with Crippen LogP contribution in [0.1, 0.15) is 24.4 Å². The molecule has 1 aliphatic rings. The van der Waals surface area contributed by atoms with E-state index in [1.807, 2.05) is 12.1 Å². The predicted molar refractivity (Wildman–Crippen MR) is 95.3 cm³/mol. The van der Waals surface area contributed by atoms with Gasteiger partial charge in [-0.05, 0) is 48.7 Å². The molecular weight excluding hydrogens is 356 g/mol. The van der Waals surface area contributed by atoms with Gasteiger partial charge < -0.3 is 9.97 Å². The van der Waals surface area contributed by atoms with E-state index in [1.165, 1.54) is 22.5 Å². The van der Waals surface area contributed by atoms with Crippen LogP contribution in [0.15, 0.2) is 57.2 Å². The van der Waals surface area contributed by atoms with Crippen molar-refractivity contribution >= 4 is 21.1 Å². The maximum absolute atomic E-state index is 13.2. The normalized spacial score (nSPS) is 18.4. The summed E-state index contributed by atoms with van der Waals surface area (Å²) in [4.78, 5) is 31.8. The van der Waals surface area contributed by atoms with Gasteiger partial charge in [0.05, 0.1) is 22.0 Å². The van der Waals surface area contributed by atoms with Crippen molar-refractivity contribution in [2.45, 2.75) is 23.8 Å². The van der Waals surface area contributed by atoms with Gasteiger partial charge in [0, 0.05) is 18.9 Å². The number of hydrogen-bond acceptors (Lipinski definition) is 5. The summed E-state index contributed by atoms with van der Waals surface area (Å²) < 4.78 is 27.8. The van der Waals surface area contributed by atoms with Crippen LogP contribution in [0.25, 0.3) is 11.0 Å². The first-order valence-corrected chi connectivity index (χ1v) is 9.59. The average Bonchev–Trinajstić information content (AvgIpc) is 3.14. The summed E-state index contributed by atoms with van der Waals surface area (Å²) in [6.07, 6.45) is 4.80. The second-order valence-corrected chi connectivity index (χ2v) is 8.06. The van der Waals surface area contributed by atoms with Gasteiger partial charge in [-0.3, -0.25) is 14.6 Å². The van der Waals surface area contributed by atoms with E-state index in [1.54, 1.807) is 12.4 Å². The molecule has 1 fully saturated rings. The Morgan fingerprint density at radius 1 is 1.00 bits per heavy atom. The minimum atomic E-state index is -3.75. The zero-order valence-electron chi connectivity index (χ0n) is 13.7. The number of nitrogens with one attached hydrogen (secondary N) is 2. The molecule has 0 spiro atoms. The number of benzene rings is 1. The van der Waals surface area contributed by atoms with E-state index in [-0.39, 0.29) is 16.5 Å². The van der Waals surface area contributed by atoms with Crippen molar-refractivity contribution < 1.29 is 8.42 Å². The van der Waals surface area contributed by atoms with E-state index in [4.69, 9.17) is 0 Å². The average molecular weight is 372 g/mol. The lowest BCUT2D eigenvalue weighted by Gasteiger charge is -2.24. The van der Waals surface area contributed by atoms with Crippen LogP contribution in [0, 0.1) is 0 Å². The highest BCUT2D eigenvalue weighted by atomic mass is 32.2. The van der Waals surface area contributed by atoms with E-state index in [9.17, 15) is 18.0 Å². The molecule has 1 aromatic carbocycles. The fraction of sp³-hybridized carbons (Fsp3) is 0.235. The van der Waals surface area contributed by atoms with E-state index < -0.39 is 21.1 Å². The summed E-state index contributed by atoms with van der Waals surface area (Å²) in [5.74, 6) is 0. The monoisotopic (exact) mass is 372 g/mol. The van der Waals surface area contributed by atoms with E-state index in [2.05, 4.69) is 15.0 Å². The van der Waals surface area contributed by atoms with Gasteiger partial charge in [0.15, 0.2) is 0 Å². The molecule has 26 heavy (non-hydrogen) atoms. The van der Waals surface area contributed by atoms with Crippen molar-refractivity contribution in [3.63, 3.8) is 0 Å². The zero-order valence-corrected chi connectivity index (χ0v) is 14.5. The molecular formula is C17H16N4O4S.